The van der Waals surface area contributed by atoms with E-state index < -0.39 is 11.9 Å². The summed E-state index contributed by atoms with van der Waals surface area (Å²) in [4.78, 5) is 43.7. The molecule has 1 aromatic heterocycles. The Hall–Kier alpha value is -3.78. The standard InChI is InChI=1S/C28H30N4O4/c1-19-4-6-23(14-22(19)16-32(18-33)26-8-9-27(34)30-28(26)35)36-24-10-12-31(17-24)15-20-5-7-25-21(13-20)3-2-11-29-25/h2-7,11,13-14,18,24,26H,8-10,12,15-17H2,1H3,(H,30,34,35)/t24-,26?/m0/s1. The molecule has 8 heteroatoms. The minimum absolute atomic E-state index is 0.0833. The highest BCUT2D eigenvalue weighted by Gasteiger charge is 2.31. The van der Waals surface area contributed by atoms with Gasteiger partial charge in [-0.25, -0.2) is 0 Å². The van der Waals surface area contributed by atoms with E-state index in [1.807, 2.05) is 37.4 Å². The molecule has 2 saturated heterocycles. The predicted molar refractivity (Wildman–Crippen MR) is 135 cm³/mol. The Labute approximate surface area is 210 Å². The summed E-state index contributed by atoms with van der Waals surface area (Å²) in [5.74, 6) is 0.0439. The number of aryl methyl sites for hydroxylation is 1. The number of ether oxygens (including phenoxy) is 1. The summed E-state index contributed by atoms with van der Waals surface area (Å²) >= 11 is 0. The first-order valence-corrected chi connectivity index (χ1v) is 12.4. The van der Waals surface area contributed by atoms with Gasteiger partial charge in [0.05, 0.1) is 5.52 Å². The Morgan fingerprint density at radius 1 is 1.17 bits per heavy atom. The van der Waals surface area contributed by atoms with Gasteiger partial charge in [0, 0.05) is 44.2 Å². The van der Waals surface area contributed by atoms with Crippen LogP contribution in [0.4, 0.5) is 0 Å². The number of piperidine rings is 1. The molecule has 2 atom stereocenters. The monoisotopic (exact) mass is 486 g/mol. The Kier molecular flexibility index (Phi) is 6.95. The molecule has 0 saturated carbocycles. The summed E-state index contributed by atoms with van der Waals surface area (Å²) in [5.41, 5.74) is 4.20. The number of fused-ring (bicyclic) bond motifs is 1. The zero-order valence-electron chi connectivity index (χ0n) is 20.4. The lowest BCUT2D eigenvalue weighted by molar-refractivity contribution is -0.141. The van der Waals surface area contributed by atoms with E-state index in [1.54, 1.807) is 0 Å². The Morgan fingerprint density at radius 3 is 2.89 bits per heavy atom. The first-order valence-electron chi connectivity index (χ1n) is 12.4. The van der Waals surface area contributed by atoms with Crippen LogP contribution in [0.5, 0.6) is 5.75 Å². The Bertz CT molecular complexity index is 1290. The number of aromatic nitrogens is 1. The van der Waals surface area contributed by atoms with Gasteiger partial charge < -0.3 is 9.64 Å². The fourth-order valence-electron chi connectivity index (χ4n) is 5.02. The van der Waals surface area contributed by atoms with Gasteiger partial charge in [-0.2, -0.15) is 0 Å². The van der Waals surface area contributed by atoms with Gasteiger partial charge in [-0.15, -0.1) is 0 Å². The zero-order valence-corrected chi connectivity index (χ0v) is 20.4. The molecule has 8 nitrogen and oxygen atoms in total. The second-order valence-corrected chi connectivity index (χ2v) is 9.63. The molecule has 186 valence electrons. The van der Waals surface area contributed by atoms with Crippen LogP contribution < -0.4 is 10.1 Å². The van der Waals surface area contributed by atoms with E-state index in [4.69, 9.17) is 4.74 Å². The van der Waals surface area contributed by atoms with Crippen LogP contribution in [-0.2, 0) is 27.5 Å². The summed E-state index contributed by atoms with van der Waals surface area (Å²) in [7, 11) is 0. The van der Waals surface area contributed by atoms with Crippen molar-refractivity contribution in [2.24, 2.45) is 0 Å². The number of amides is 3. The topological polar surface area (TPSA) is 91.8 Å². The summed E-state index contributed by atoms with van der Waals surface area (Å²) in [6.45, 7) is 4.92. The average molecular weight is 487 g/mol. The van der Waals surface area contributed by atoms with Crippen molar-refractivity contribution in [2.45, 2.75) is 51.4 Å². The molecule has 1 N–H and O–H groups in total. The normalized spacial score (nSPS) is 20.4. The van der Waals surface area contributed by atoms with Gasteiger partial charge in [-0.1, -0.05) is 18.2 Å². The lowest BCUT2D eigenvalue weighted by atomic mass is 10.0. The van der Waals surface area contributed by atoms with Gasteiger partial charge in [0.2, 0.25) is 18.2 Å². The maximum absolute atomic E-state index is 12.2. The van der Waals surface area contributed by atoms with Crippen LogP contribution in [0, 0.1) is 6.92 Å². The van der Waals surface area contributed by atoms with Crippen molar-refractivity contribution in [1.29, 1.82) is 0 Å². The van der Waals surface area contributed by atoms with Crippen molar-refractivity contribution in [3.63, 3.8) is 0 Å². The van der Waals surface area contributed by atoms with Gasteiger partial charge in [-0.3, -0.25) is 29.6 Å². The molecular weight excluding hydrogens is 456 g/mol. The quantitative estimate of drug-likeness (QED) is 0.389. The number of hydrogen-bond donors (Lipinski definition) is 1. The molecule has 3 heterocycles. The van der Waals surface area contributed by atoms with Crippen molar-refractivity contribution >= 4 is 29.1 Å². The fourth-order valence-corrected chi connectivity index (χ4v) is 5.02. The maximum Gasteiger partial charge on any atom is 0.249 e. The smallest absolute Gasteiger partial charge is 0.249 e. The summed E-state index contributed by atoms with van der Waals surface area (Å²) in [5, 5.41) is 3.47. The highest BCUT2D eigenvalue weighted by Crippen LogP contribution is 2.25. The van der Waals surface area contributed by atoms with E-state index in [2.05, 4.69) is 39.5 Å². The SMILES string of the molecule is Cc1ccc(O[C@H]2CCN(Cc3ccc4ncccc4c3)C2)cc1CN(C=O)C1CCC(=O)NC1=O. The first-order chi connectivity index (χ1) is 17.5. The van der Waals surface area contributed by atoms with Crippen LogP contribution in [-0.4, -0.2) is 58.2 Å². The third-order valence-electron chi connectivity index (χ3n) is 7.02. The molecule has 2 aromatic carbocycles. The van der Waals surface area contributed by atoms with Crippen LogP contribution in [0.2, 0.25) is 0 Å². The number of hydrogen-bond acceptors (Lipinski definition) is 6. The van der Waals surface area contributed by atoms with Crippen molar-refractivity contribution in [1.82, 2.24) is 20.1 Å². The van der Waals surface area contributed by atoms with Crippen LogP contribution in [0.15, 0.2) is 54.7 Å². The highest BCUT2D eigenvalue weighted by molar-refractivity contribution is 6.00. The van der Waals surface area contributed by atoms with Gasteiger partial charge in [0.15, 0.2) is 0 Å². The molecule has 3 aromatic rings. The van der Waals surface area contributed by atoms with Crippen LogP contribution in [0.25, 0.3) is 10.9 Å². The number of benzene rings is 2. The molecule has 2 aliphatic heterocycles. The minimum Gasteiger partial charge on any atom is -0.489 e. The lowest BCUT2D eigenvalue weighted by Crippen LogP contribution is -2.51. The summed E-state index contributed by atoms with van der Waals surface area (Å²) in [6, 6.07) is 15.7. The lowest BCUT2D eigenvalue weighted by Gasteiger charge is -2.30. The van der Waals surface area contributed by atoms with Crippen LogP contribution >= 0.6 is 0 Å². The van der Waals surface area contributed by atoms with Crippen molar-refractivity contribution in [3.8, 4) is 5.75 Å². The molecule has 1 unspecified atom stereocenters. The summed E-state index contributed by atoms with van der Waals surface area (Å²) in [6.07, 6.45) is 4.09. The third-order valence-corrected chi connectivity index (χ3v) is 7.02. The molecule has 36 heavy (non-hydrogen) atoms. The third kappa shape index (κ3) is 5.39. The molecule has 0 spiro atoms. The van der Waals surface area contributed by atoms with E-state index in [0.717, 1.165) is 53.8 Å². The molecule has 3 amide bonds. The largest absolute Gasteiger partial charge is 0.489 e. The van der Waals surface area contributed by atoms with Crippen molar-refractivity contribution in [3.05, 3.63) is 71.4 Å². The number of nitrogens with one attached hydrogen (secondary N) is 1. The van der Waals surface area contributed by atoms with Gasteiger partial charge in [-0.05, 0) is 66.8 Å². The molecule has 0 bridgehead atoms. The van der Waals surface area contributed by atoms with Crippen molar-refractivity contribution < 1.29 is 19.1 Å². The summed E-state index contributed by atoms with van der Waals surface area (Å²) < 4.78 is 6.32. The van der Waals surface area contributed by atoms with E-state index in [1.165, 1.54) is 10.5 Å². The molecule has 0 radical (unpaired) electrons. The number of likely N-dealkylation sites (tertiary alicyclic amines) is 1. The molecular formula is C28H30N4O4. The zero-order chi connectivity index (χ0) is 25.1. The van der Waals surface area contributed by atoms with Crippen molar-refractivity contribution in [2.75, 3.05) is 13.1 Å². The fraction of sp³-hybridized carbons (Fsp3) is 0.357. The number of nitrogens with zero attached hydrogens (tertiary/aromatic N) is 3. The minimum atomic E-state index is -0.640. The van der Waals surface area contributed by atoms with Gasteiger partial charge in [0.1, 0.15) is 17.9 Å². The number of rotatable bonds is 8. The van der Waals surface area contributed by atoms with E-state index in [9.17, 15) is 14.4 Å². The molecule has 2 fully saturated rings. The molecule has 5 rings (SSSR count). The van der Waals surface area contributed by atoms with Crippen LogP contribution in [0.3, 0.4) is 0 Å². The number of carbonyl (C=O) groups excluding carboxylic acids is 3. The van der Waals surface area contributed by atoms with Gasteiger partial charge >= 0.3 is 0 Å². The molecule has 2 aliphatic rings. The second-order valence-electron chi connectivity index (χ2n) is 9.63. The number of imide groups is 1. The van der Waals surface area contributed by atoms with E-state index >= 15 is 0 Å². The average Bonchev–Trinajstić information content (AvgIpc) is 3.31. The predicted octanol–water partition coefficient (Wildman–Crippen LogP) is 2.96. The maximum atomic E-state index is 12.2. The highest BCUT2D eigenvalue weighted by atomic mass is 16.5. The molecule has 0 aliphatic carbocycles. The number of pyridine rings is 1. The van der Waals surface area contributed by atoms with E-state index in [-0.39, 0.29) is 25.0 Å². The Morgan fingerprint density at radius 2 is 2.06 bits per heavy atom. The first kappa shape index (κ1) is 23.9. The number of carbonyl (C=O) groups is 3. The second kappa shape index (κ2) is 10.5. The Balaban J connectivity index is 1.20. The van der Waals surface area contributed by atoms with E-state index in [0.29, 0.717) is 12.8 Å². The van der Waals surface area contributed by atoms with Crippen LogP contribution in [0.1, 0.15) is 36.0 Å². The van der Waals surface area contributed by atoms with Gasteiger partial charge in [0.25, 0.3) is 0 Å².